The van der Waals surface area contributed by atoms with Gasteiger partial charge in [0.1, 0.15) is 24.4 Å². The van der Waals surface area contributed by atoms with E-state index in [-0.39, 0.29) is 18.3 Å². The van der Waals surface area contributed by atoms with E-state index in [9.17, 15) is 5.26 Å². The van der Waals surface area contributed by atoms with Gasteiger partial charge >= 0.3 is 0 Å². The molecular weight excluding hydrogens is 370 g/mol. The van der Waals surface area contributed by atoms with E-state index in [4.69, 9.17) is 23.7 Å². The Morgan fingerprint density at radius 1 is 0.690 bits per heavy atom. The van der Waals surface area contributed by atoms with Crippen LogP contribution in [0.5, 0.6) is 0 Å². The minimum Gasteiger partial charge on any atom is -0.379 e. The van der Waals surface area contributed by atoms with Crippen molar-refractivity contribution in [2.45, 2.75) is 110 Å². The quantitative estimate of drug-likeness (QED) is 0.323. The fourth-order valence-corrected chi connectivity index (χ4v) is 3.26. The molecule has 0 saturated carbocycles. The van der Waals surface area contributed by atoms with Gasteiger partial charge in [-0.3, -0.25) is 0 Å². The normalized spacial score (nSPS) is 27.1. The summed E-state index contributed by atoms with van der Waals surface area (Å²) in [6.07, 6.45) is 6.06. The summed E-state index contributed by atoms with van der Waals surface area (Å²) < 4.78 is 30.6. The molecule has 0 aromatic rings. The number of unbranched alkanes of at least 4 members (excludes halogenated alkanes) is 4. The van der Waals surface area contributed by atoms with Crippen LogP contribution < -0.4 is 0 Å². The molecule has 1 rings (SSSR count). The zero-order valence-electron chi connectivity index (χ0n) is 19.1. The van der Waals surface area contributed by atoms with Crippen LogP contribution in [0.1, 0.15) is 79.1 Å². The Bertz CT molecular complexity index is 428. The Kier molecular flexibility index (Phi) is 15.5. The molecule has 1 fully saturated rings. The van der Waals surface area contributed by atoms with E-state index >= 15 is 0 Å². The number of nitriles is 1. The highest BCUT2D eigenvalue weighted by molar-refractivity contribution is 5.03. The maximum Gasteiger partial charge on any atom is 0.173 e. The lowest BCUT2D eigenvalue weighted by Gasteiger charge is -2.44. The summed E-state index contributed by atoms with van der Waals surface area (Å²) in [6, 6.07) is 2.28. The van der Waals surface area contributed by atoms with Crippen molar-refractivity contribution in [2.24, 2.45) is 0 Å². The summed E-state index contributed by atoms with van der Waals surface area (Å²) in [5, 5.41) is 9.74. The molecule has 0 bridgehead atoms. The van der Waals surface area contributed by atoms with Gasteiger partial charge in [0.05, 0.1) is 12.7 Å². The fraction of sp³-hybridized carbons (Fsp3) is 0.957. The molecule has 0 radical (unpaired) electrons. The summed E-state index contributed by atoms with van der Waals surface area (Å²) in [6.45, 7) is 11.5. The van der Waals surface area contributed by atoms with Crippen LogP contribution in [0.15, 0.2) is 0 Å². The molecule has 0 spiro atoms. The average molecular weight is 414 g/mol. The van der Waals surface area contributed by atoms with Gasteiger partial charge in [0.25, 0.3) is 0 Å². The molecule has 1 heterocycles. The van der Waals surface area contributed by atoms with E-state index in [1.165, 1.54) is 0 Å². The van der Waals surface area contributed by atoms with E-state index in [2.05, 4.69) is 33.8 Å². The Hall–Kier alpha value is -0.710. The first-order valence-corrected chi connectivity index (χ1v) is 11.7. The van der Waals surface area contributed by atoms with E-state index in [1.54, 1.807) is 0 Å². The van der Waals surface area contributed by atoms with Crippen LogP contribution in [0.3, 0.4) is 0 Å². The lowest BCUT2D eigenvalue weighted by Crippen LogP contribution is -2.61. The second-order valence-corrected chi connectivity index (χ2v) is 7.72. The zero-order chi connectivity index (χ0) is 21.3. The van der Waals surface area contributed by atoms with Crippen molar-refractivity contribution in [3.8, 4) is 6.07 Å². The van der Waals surface area contributed by atoms with Crippen molar-refractivity contribution in [3.63, 3.8) is 0 Å². The molecule has 6 heteroatoms. The first kappa shape index (κ1) is 26.3. The van der Waals surface area contributed by atoms with Gasteiger partial charge in [-0.05, 0) is 25.7 Å². The first-order chi connectivity index (χ1) is 14.2. The highest BCUT2D eigenvalue weighted by atomic mass is 16.6. The van der Waals surface area contributed by atoms with Crippen molar-refractivity contribution in [1.29, 1.82) is 5.26 Å². The van der Waals surface area contributed by atoms with Crippen LogP contribution in [0.25, 0.3) is 0 Å². The standard InChI is InChI=1S/C23H43NO5/c1-5-9-13-25-18-20-22(27-15-11-7-3)23(28-16-12-8-4)21(19(17-24)29-20)26-14-10-6-2/h19-23H,5-16,18H2,1-4H3. The van der Waals surface area contributed by atoms with Crippen LogP contribution in [0, 0.1) is 11.3 Å². The number of hydrogen-bond donors (Lipinski definition) is 0. The van der Waals surface area contributed by atoms with Gasteiger partial charge in [0.15, 0.2) is 6.10 Å². The monoisotopic (exact) mass is 413 g/mol. The van der Waals surface area contributed by atoms with Crippen molar-refractivity contribution < 1.29 is 23.7 Å². The van der Waals surface area contributed by atoms with Gasteiger partial charge in [0.2, 0.25) is 0 Å². The molecule has 1 saturated heterocycles. The summed E-state index contributed by atoms with van der Waals surface area (Å²) >= 11 is 0. The SMILES string of the molecule is CCCCOCC1OC(C#N)C(OCCCC)C(OCCCC)C1OCCCC. The average Bonchev–Trinajstić information content (AvgIpc) is 2.73. The van der Waals surface area contributed by atoms with Crippen molar-refractivity contribution in [2.75, 3.05) is 33.0 Å². The zero-order valence-corrected chi connectivity index (χ0v) is 19.1. The Labute approximate surface area is 178 Å². The molecule has 6 nitrogen and oxygen atoms in total. The van der Waals surface area contributed by atoms with Gasteiger partial charge in [-0.1, -0.05) is 53.4 Å². The lowest BCUT2D eigenvalue weighted by atomic mass is 9.94. The number of nitrogens with zero attached hydrogens (tertiary/aromatic N) is 1. The molecule has 0 aromatic heterocycles. The summed E-state index contributed by atoms with van der Waals surface area (Å²) in [7, 11) is 0. The van der Waals surface area contributed by atoms with Gasteiger partial charge in [0, 0.05) is 26.4 Å². The van der Waals surface area contributed by atoms with Crippen molar-refractivity contribution in [1.82, 2.24) is 0 Å². The third kappa shape index (κ3) is 9.76. The lowest BCUT2D eigenvalue weighted by molar-refractivity contribution is -0.254. The van der Waals surface area contributed by atoms with Gasteiger partial charge in [-0.2, -0.15) is 5.26 Å². The van der Waals surface area contributed by atoms with Gasteiger partial charge < -0.3 is 23.7 Å². The Balaban J connectivity index is 2.94. The fourth-order valence-electron chi connectivity index (χ4n) is 3.26. The van der Waals surface area contributed by atoms with E-state index in [0.717, 1.165) is 51.4 Å². The molecular formula is C23H43NO5. The van der Waals surface area contributed by atoms with E-state index < -0.39 is 12.2 Å². The molecule has 1 aliphatic heterocycles. The van der Waals surface area contributed by atoms with Crippen LogP contribution in [0.4, 0.5) is 0 Å². The Morgan fingerprint density at radius 3 is 1.69 bits per heavy atom. The molecule has 5 unspecified atom stereocenters. The highest BCUT2D eigenvalue weighted by Gasteiger charge is 2.48. The maximum absolute atomic E-state index is 9.74. The molecule has 0 amide bonds. The molecule has 29 heavy (non-hydrogen) atoms. The molecule has 0 N–H and O–H groups in total. The minimum absolute atomic E-state index is 0.295. The predicted molar refractivity (Wildman–Crippen MR) is 114 cm³/mol. The van der Waals surface area contributed by atoms with E-state index in [0.29, 0.717) is 33.0 Å². The smallest absolute Gasteiger partial charge is 0.173 e. The first-order valence-electron chi connectivity index (χ1n) is 11.7. The van der Waals surface area contributed by atoms with Crippen molar-refractivity contribution >= 4 is 0 Å². The van der Waals surface area contributed by atoms with Gasteiger partial charge in [-0.25, -0.2) is 0 Å². The van der Waals surface area contributed by atoms with Crippen LogP contribution in [0.2, 0.25) is 0 Å². The van der Waals surface area contributed by atoms with E-state index in [1.807, 2.05) is 0 Å². The third-order valence-electron chi connectivity index (χ3n) is 5.11. The second kappa shape index (κ2) is 17.0. The Morgan fingerprint density at radius 2 is 1.17 bits per heavy atom. The molecule has 170 valence electrons. The molecule has 0 aromatic carbocycles. The molecule has 0 aliphatic carbocycles. The molecule has 5 atom stereocenters. The summed E-state index contributed by atoms with van der Waals surface area (Å²) in [5.41, 5.74) is 0. The van der Waals surface area contributed by atoms with Crippen LogP contribution in [-0.4, -0.2) is 63.6 Å². The minimum atomic E-state index is -0.677. The third-order valence-corrected chi connectivity index (χ3v) is 5.11. The summed E-state index contributed by atoms with van der Waals surface area (Å²) in [4.78, 5) is 0. The summed E-state index contributed by atoms with van der Waals surface area (Å²) in [5.74, 6) is 0. The van der Waals surface area contributed by atoms with Crippen molar-refractivity contribution in [3.05, 3.63) is 0 Å². The van der Waals surface area contributed by atoms with Crippen LogP contribution in [-0.2, 0) is 23.7 Å². The number of rotatable bonds is 17. The number of ether oxygens (including phenoxy) is 5. The molecule has 1 aliphatic rings. The topological polar surface area (TPSA) is 69.9 Å². The second-order valence-electron chi connectivity index (χ2n) is 7.72. The van der Waals surface area contributed by atoms with Crippen LogP contribution >= 0.6 is 0 Å². The maximum atomic E-state index is 9.74. The predicted octanol–water partition coefficient (Wildman–Crippen LogP) is 4.65. The number of hydrogen-bond acceptors (Lipinski definition) is 6. The van der Waals surface area contributed by atoms with Gasteiger partial charge in [-0.15, -0.1) is 0 Å². The largest absolute Gasteiger partial charge is 0.379 e. The highest BCUT2D eigenvalue weighted by Crippen LogP contribution is 2.29.